The van der Waals surface area contributed by atoms with Crippen molar-refractivity contribution < 1.29 is 9.47 Å². The van der Waals surface area contributed by atoms with Crippen molar-refractivity contribution in [2.24, 2.45) is 5.10 Å². The van der Waals surface area contributed by atoms with E-state index in [2.05, 4.69) is 16.7 Å². The van der Waals surface area contributed by atoms with Gasteiger partial charge in [0.25, 0.3) is 5.56 Å². The third-order valence-electron chi connectivity index (χ3n) is 5.28. The van der Waals surface area contributed by atoms with Crippen molar-refractivity contribution in [2.75, 3.05) is 14.2 Å². The average molecular weight is 440 g/mol. The molecule has 33 heavy (non-hydrogen) atoms. The molecule has 0 N–H and O–H groups in total. The lowest BCUT2D eigenvalue weighted by molar-refractivity contribution is 0.354. The molecule has 0 amide bonds. The molecule has 2 aromatic carbocycles. The van der Waals surface area contributed by atoms with Crippen molar-refractivity contribution >= 4 is 39.4 Å². The van der Waals surface area contributed by atoms with Crippen molar-refractivity contribution in [1.82, 2.24) is 24.2 Å². The van der Waals surface area contributed by atoms with Gasteiger partial charge >= 0.3 is 0 Å². The lowest BCUT2D eigenvalue weighted by atomic mass is 10.2. The SMILES string of the molecule is C=CCn1cnc2c(c1=O)c1nc3ccccc3nc1n2/N=C\c1cccc(OC)c1OC. The summed E-state index contributed by atoms with van der Waals surface area (Å²) in [6.45, 7) is 4.05. The summed E-state index contributed by atoms with van der Waals surface area (Å²) in [6.07, 6.45) is 4.74. The maximum absolute atomic E-state index is 13.2. The summed E-state index contributed by atoms with van der Waals surface area (Å²) < 4.78 is 13.9. The monoisotopic (exact) mass is 440 g/mol. The number of nitrogens with zero attached hydrogens (tertiary/aromatic N) is 6. The predicted octanol–water partition coefficient (Wildman–Crippen LogP) is 3.38. The van der Waals surface area contributed by atoms with Crippen molar-refractivity contribution in [3.8, 4) is 11.5 Å². The van der Waals surface area contributed by atoms with Gasteiger partial charge < -0.3 is 9.47 Å². The first kappa shape index (κ1) is 20.4. The van der Waals surface area contributed by atoms with Crippen LogP contribution in [0.4, 0.5) is 0 Å². The van der Waals surface area contributed by atoms with Gasteiger partial charge in [0, 0.05) is 12.1 Å². The van der Waals surface area contributed by atoms with Crippen LogP contribution < -0.4 is 15.0 Å². The number of methoxy groups -OCH3 is 2. The molecule has 5 aromatic rings. The van der Waals surface area contributed by atoms with Crippen molar-refractivity contribution in [3.63, 3.8) is 0 Å². The summed E-state index contributed by atoms with van der Waals surface area (Å²) in [5.41, 5.74) is 3.07. The van der Waals surface area contributed by atoms with Crippen LogP contribution >= 0.6 is 0 Å². The summed E-state index contributed by atoms with van der Waals surface area (Å²) in [7, 11) is 3.14. The van der Waals surface area contributed by atoms with E-state index in [4.69, 9.17) is 19.4 Å². The van der Waals surface area contributed by atoms with Crippen LogP contribution in [0.15, 0.2) is 71.3 Å². The molecule has 164 valence electrons. The van der Waals surface area contributed by atoms with Crippen LogP contribution in [0, 0.1) is 0 Å². The Labute approximate surface area is 188 Å². The van der Waals surface area contributed by atoms with Crippen molar-refractivity contribution in [3.05, 3.63) is 77.4 Å². The first-order valence-electron chi connectivity index (χ1n) is 10.2. The Kier molecular flexibility index (Phi) is 5.06. The fraction of sp³-hybridized carbons (Fsp3) is 0.125. The van der Waals surface area contributed by atoms with Crippen LogP contribution in [-0.4, -0.2) is 44.6 Å². The molecule has 9 nitrogen and oxygen atoms in total. The molecule has 0 unspecified atom stereocenters. The van der Waals surface area contributed by atoms with Gasteiger partial charge in [-0.3, -0.25) is 9.36 Å². The maximum Gasteiger partial charge on any atom is 0.265 e. The number of benzene rings is 2. The quantitative estimate of drug-likeness (QED) is 0.297. The van der Waals surface area contributed by atoms with Gasteiger partial charge in [0.1, 0.15) is 17.2 Å². The van der Waals surface area contributed by atoms with Gasteiger partial charge in [-0.15, -0.1) is 6.58 Å². The van der Waals surface area contributed by atoms with Crippen LogP contribution in [0.3, 0.4) is 0 Å². The Morgan fingerprint density at radius 2 is 1.82 bits per heavy atom. The van der Waals surface area contributed by atoms with E-state index in [0.29, 0.717) is 56.8 Å². The zero-order chi connectivity index (χ0) is 22.9. The van der Waals surface area contributed by atoms with Crippen molar-refractivity contribution in [2.45, 2.75) is 6.54 Å². The van der Waals surface area contributed by atoms with Crippen molar-refractivity contribution in [1.29, 1.82) is 0 Å². The highest BCUT2D eigenvalue weighted by atomic mass is 16.5. The average Bonchev–Trinajstić information content (AvgIpc) is 3.15. The van der Waals surface area contributed by atoms with E-state index in [1.54, 1.807) is 32.6 Å². The van der Waals surface area contributed by atoms with Gasteiger partial charge in [0.15, 0.2) is 22.8 Å². The number of fused-ring (bicyclic) bond motifs is 4. The molecular formula is C24H20N6O3. The lowest BCUT2D eigenvalue weighted by Crippen LogP contribution is -2.19. The Morgan fingerprint density at radius 1 is 1.03 bits per heavy atom. The van der Waals surface area contributed by atoms with Gasteiger partial charge in [0.05, 0.1) is 31.5 Å². The minimum absolute atomic E-state index is 0.234. The van der Waals surface area contributed by atoms with Gasteiger partial charge in [-0.05, 0) is 24.3 Å². The number of para-hydroxylation sites is 3. The second-order valence-corrected chi connectivity index (χ2v) is 7.21. The molecule has 0 radical (unpaired) electrons. The van der Waals surface area contributed by atoms with Crippen LogP contribution in [-0.2, 0) is 6.54 Å². The first-order valence-corrected chi connectivity index (χ1v) is 10.2. The minimum atomic E-state index is -0.234. The third-order valence-corrected chi connectivity index (χ3v) is 5.28. The molecule has 0 atom stereocenters. The second kappa shape index (κ2) is 8.19. The summed E-state index contributed by atoms with van der Waals surface area (Å²) in [5, 5.41) is 4.97. The van der Waals surface area contributed by atoms with E-state index >= 15 is 0 Å². The van der Waals surface area contributed by atoms with E-state index in [0.717, 1.165) is 0 Å². The highest BCUT2D eigenvalue weighted by Gasteiger charge is 2.19. The Balaban J connectivity index is 1.82. The molecule has 0 aliphatic heterocycles. The summed E-state index contributed by atoms with van der Waals surface area (Å²) in [6, 6.07) is 13.0. The minimum Gasteiger partial charge on any atom is -0.493 e. The normalized spacial score (nSPS) is 11.6. The van der Waals surface area contributed by atoms with Crippen LogP contribution in [0.5, 0.6) is 11.5 Å². The number of hydrogen-bond donors (Lipinski definition) is 0. The van der Waals surface area contributed by atoms with Crippen LogP contribution in [0.25, 0.3) is 33.2 Å². The van der Waals surface area contributed by atoms with Crippen LogP contribution in [0.1, 0.15) is 5.56 Å². The van der Waals surface area contributed by atoms with Gasteiger partial charge in [0.2, 0.25) is 0 Å². The Hall–Kier alpha value is -4.53. The van der Waals surface area contributed by atoms with Gasteiger partial charge in [-0.1, -0.05) is 24.3 Å². The van der Waals surface area contributed by atoms with Gasteiger partial charge in [-0.25, -0.2) is 15.0 Å². The molecule has 0 bridgehead atoms. The zero-order valence-electron chi connectivity index (χ0n) is 18.1. The molecule has 0 fully saturated rings. The smallest absolute Gasteiger partial charge is 0.265 e. The van der Waals surface area contributed by atoms with E-state index in [1.807, 2.05) is 36.4 Å². The largest absolute Gasteiger partial charge is 0.493 e. The number of aromatic nitrogens is 5. The Bertz CT molecular complexity index is 1620. The fourth-order valence-electron chi connectivity index (χ4n) is 3.77. The lowest BCUT2D eigenvalue weighted by Gasteiger charge is -2.09. The molecule has 9 heteroatoms. The maximum atomic E-state index is 13.2. The number of ether oxygens (including phenoxy) is 2. The van der Waals surface area contributed by atoms with Gasteiger partial charge in [-0.2, -0.15) is 9.78 Å². The summed E-state index contributed by atoms with van der Waals surface area (Å²) in [5.74, 6) is 1.13. The molecule has 0 spiro atoms. The van der Waals surface area contributed by atoms with E-state index < -0.39 is 0 Å². The molecule has 0 aliphatic rings. The first-order chi connectivity index (χ1) is 16.2. The zero-order valence-corrected chi connectivity index (χ0v) is 18.1. The summed E-state index contributed by atoms with van der Waals surface area (Å²) >= 11 is 0. The molecule has 0 aliphatic carbocycles. The fourth-order valence-corrected chi connectivity index (χ4v) is 3.77. The topological polar surface area (TPSA) is 96.4 Å². The van der Waals surface area contributed by atoms with E-state index in [9.17, 15) is 4.79 Å². The standard InChI is InChI=1S/C24H20N6O3/c1-4-12-29-14-25-22-19(24(29)31)20-23(28-17-10-6-5-9-16(17)27-20)30(22)26-13-15-8-7-11-18(32-2)21(15)33-3/h4-11,13-14H,1,12H2,2-3H3/b26-13-. The molecule has 0 saturated carbocycles. The van der Waals surface area contributed by atoms with Crippen LogP contribution in [0.2, 0.25) is 0 Å². The highest BCUT2D eigenvalue weighted by Crippen LogP contribution is 2.30. The molecule has 3 aromatic heterocycles. The molecule has 0 saturated heterocycles. The molecule has 3 heterocycles. The molecule has 5 rings (SSSR count). The van der Waals surface area contributed by atoms with E-state index in [-0.39, 0.29) is 5.56 Å². The highest BCUT2D eigenvalue weighted by molar-refractivity contribution is 6.04. The second-order valence-electron chi connectivity index (χ2n) is 7.21. The van der Waals surface area contributed by atoms with E-state index in [1.165, 1.54) is 15.6 Å². The number of rotatable bonds is 6. The number of hydrogen-bond acceptors (Lipinski definition) is 7. The summed E-state index contributed by atoms with van der Waals surface area (Å²) in [4.78, 5) is 27.2. The predicted molar refractivity (Wildman–Crippen MR) is 127 cm³/mol. The Morgan fingerprint density at radius 3 is 2.55 bits per heavy atom. The molecular weight excluding hydrogens is 420 g/mol. The third kappa shape index (κ3) is 3.30. The number of allylic oxidation sites excluding steroid dienone is 1.